The first-order valence-electron chi connectivity index (χ1n) is 6.59. The Labute approximate surface area is 121 Å². The zero-order valence-corrected chi connectivity index (χ0v) is 11.6. The van der Waals surface area contributed by atoms with Gasteiger partial charge in [0, 0.05) is 18.2 Å². The van der Waals surface area contributed by atoms with E-state index in [0.29, 0.717) is 12.2 Å². The number of amides is 1. The van der Waals surface area contributed by atoms with Gasteiger partial charge in [0.05, 0.1) is 23.9 Å². The van der Waals surface area contributed by atoms with E-state index >= 15 is 0 Å². The number of rotatable bonds is 4. The van der Waals surface area contributed by atoms with Crippen molar-refractivity contribution in [3.63, 3.8) is 0 Å². The van der Waals surface area contributed by atoms with Crippen molar-refractivity contribution in [2.45, 2.75) is 6.61 Å². The maximum absolute atomic E-state index is 12.4. The Kier molecular flexibility index (Phi) is 3.66. The van der Waals surface area contributed by atoms with Gasteiger partial charge in [-0.2, -0.15) is 5.10 Å². The summed E-state index contributed by atoms with van der Waals surface area (Å²) in [5.74, 6) is -0.167. The number of anilines is 1. The minimum atomic E-state index is -0.167. The second-order valence-electron chi connectivity index (χ2n) is 4.73. The topological polar surface area (TPSA) is 67.0 Å². The monoisotopic (exact) mass is 281 g/mol. The van der Waals surface area contributed by atoms with Crippen LogP contribution in [0.25, 0.3) is 10.9 Å². The Bertz CT molecular complexity index is 780. The second kappa shape index (κ2) is 5.76. The molecule has 0 saturated carbocycles. The summed E-state index contributed by atoms with van der Waals surface area (Å²) in [4.78, 5) is 12.4. The van der Waals surface area contributed by atoms with E-state index in [-0.39, 0.29) is 5.91 Å². The molecule has 1 aromatic heterocycles. The largest absolute Gasteiger partial charge is 0.380 e. The Balaban J connectivity index is 1.86. The van der Waals surface area contributed by atoms with Gasteiger partial charge in [-0.25, -0.2) is 0 Å². The fraction of sp³-hybridized carbons (Fsp3) is 0.125. The smallest absolute Gasteiger partial charge is 0.257 e. The van der Waals surface area contributed by atoms with Gasteiger partial charge < -0.3 is 10.1 Å². The van der Waals surface area contributed by atoms with Gasteiger partial charge in [-0.05, 0) is 23.8 Å². The number of para-hydroxylation sites is 1. The fourth-order valence-corrected chi connectivity index (χ4v) is 2.26. The van der Waals surface area contributed by atoms with Gasteiger partial charge in [-0.1, -0.05) is 24.3 Å². The molecule has 0 atom stereocenters. The SMILES string of the molecule is COCc1cccc(NC(=O)c2cccc3cn[nH]c23)c1. The van der Waals surface area contributed by atoms with Gasteiger partial charge in [0.2, 0.25) is 0 Å². The Morgan fingerprint density at radius 3 is 3.00 bits per heavy atom. The van der Waals surface area contributed by atoms with Crippen molar-refractivity contribution in [3.05, 3.63) is 59.8 Å². The number of carbonyl (C=O) groups is 1. The molecule has 106 valence electrons. The van der Waals surface area contributed by atoms with Gasteiger partial charge in [0.15, 0.2) is 0 Å². The van der Waals surface area contributed by atoms with Crippen LogP contribution < -0.4 is 5.32 Å². The summed E-state index contributed by atoms with van der Waals surface area (Å²) >= 11 is 0. The van der Waals surface area contributed by atoms with Gasteiger partial charge in [-0.3, -0.25) is 9.89 Å². The number of aromatic nitrogens is 2. The number of hydrogen-bond acceptors (Lipinski definition) is 3. The lowest BCUT2D eigenvalue weighted by Gasteiger charge is -2.08. The van der Waals surface area contributed by atoms with Gasteiger partial charge in [-0.15, -0.1) is 0 Å². The highest BCUT2D eigenvalue weighted by Gasteiger charge is 2.11. The van der Waals surface area contributed by atoms with Crippen LogP contribution in [0.1, 0.15) is 15.9 Å². The van der Waals surface area contributed by atoms with Crippen molar-refractivity contribution in [2.75, 3.05) is 12.4 Å². The summed E-state index contributed by atoms with van der Waals surface area (Å²) < 4.78 is 5.09. The van der Waals surface area contributed by atoms with Crippen LogP contribution in [-0.4, -0.2) is 23.2 Å². The van der Waals surface area contributed by atoms with E-state index < -0.39 is 0 Å². The standard InChI is InChI=1S/C16H15N3O2/c1-21-10-11-4-2-6-13(8-11)18-16(20)14-7-3-5-12-9-17-19-15(12)14/h2-9H,10H2,1H3,(H,17,19)(H,18,20). The molecule has 0 spiro atoms. The highest BCUT2D eigenvalue weighted by Crippen LogP contribution is 2.18. The van der Waals surface area contributed by atoms with E-state index in [0.717, 1.165) is 22.2 Å². The summed E-state index contributed by atoms with van der Waals surface area (Å²) in [7, 11) is 1.64. The van der Waals surface area contributed by atoms with Crippen LogP contribution in [0.4, 0.5) is 5.69 Å². The molecule has 5 nitrogen and oxygen atoms in total. The third-order valence-electron chi connectivity index (χ3n) is 3.22. The average molecular weight is 281 g/mol. The number of aromatic amines is 1. The summed E-state index contributed by atoms with van der Waals surface area (Å²) in [6.07, 6.45) is 1.70. The van der Waals surface area contributed by atoms with Crippen LogP contribution in [-0.2, 0) is 11.3 Å². The number of nitrogens with one attached hydrogen (secondary N) is 2. The molecular formula is C16H15N3O2. The first kappa shape index (κ1) is 13.3. The molecule has 3 rings (SSSR count). The second-order valence-corrected chi connectivity index (χ2v) is 4.73. The maximum atomic E-state index is 12.4. The molecule has 1 heterocycles. The molecule has 5 heteroatoms. The summed E-state index contributed by atoms with van der Waals surface area (Å²) in [6.45, 7) is 0.514. The zero-order valence-electron chi connectivity index (χ0n) is 11.6. The molecule has 0 bridgehead atoms. The first-order valence-corrected chi connectivity index (χ1v) is 6.59. The number of benzene rings is 2. The number of ether oxygens (including phenoxy) is 1. The lowest BCUT2D eigenvalue weighted by atomic mass is 10.1. The summed E-state index contributed by atoms with van der Waals surface area (Å²) in [6, 6.07) is 13.1. The van der Waals surface area contributed by atoms with Crippen LogP contribution in [0, 0.1) is 0 Å². The van der Waals surface area contributed by atoms with Crippen molar-refractivity contribution < 1.29 is 9.53 Å². The average Bonchev–Trinajstić information content (AvgIpc) is 2.96. The molecule has 0 aliphatic carbocycles. The molecule has 0 unspecified atom stereocenters. The molecule has 2 aromatic carbocycles. The lowest BCUT2D eigenvalue weighted by Crippen LogP contribution is -2.12. The van der Waals surface area contributed by atoms with Crippen molar-refractivity contribution >= 4 is 22.5 Å². The summed E-state index contributed by atoms with van der Waals surface area (Å²) in [5.41, 5.74) is 3.06. The molecule has 3 aromatic rings. The van der Waals surface area contributed by atoms with E-state index in [2.05, 4.69) is 15.5 Å². The molecule has 21 heavy (non-hydrogen) atoms. The molecule has 0 saturated heterocycles. The van der Waals surface area contributed by atoms with Crippen LogP contribution in [0.2, 0.25) is 0 Å². The van der Waals surface area contributed by atoms with Crippen molar-refractivity contribution in [2.24, 2.45) is 0 Å². The zero-order chi connectivity index (χ0) is 14.7. The van der Waals surface area contributed by atoms with Crippen molar-refractivity contribution in [3.8, 4) is 0 Å². The predicted molar refractivity (Wildman–Crippen MR) is 81.2 cm³/mol. The molecule has 0 fully saturated rings. The van der Waals surface area contributed by atoms with Crippen LogP contribution in [0.3, 0.4) is 0 Å². The number of nitrogens with zero attached hydrogens (tertiary/aromatic N) is 1. The van der Waals surface area contributed by atoms with Crippen LogP contribution in [0.15, 0.2) is 48.7 Å². The fourth-order valence-electron chi connectivity index (χ4n) is 2.26. The molecule has 1 amide bonds. The number of H-pyrrole nitrogens is 1. The van der Waals surface area contributed by atoms with E-state index in [4.69, 9.17) is 4.74 Å². The quantitative estimate of drug-likeness (QED) is 0.772. The van der Waals surface area contributed by atoms with E-state index in [1.165, 1.54) is 0 Å². The van der Waals surface area contributed by atoms with Gasteiger partial charge in [0.25, 0.3) is 5.91 Å². The minimum absolute atomic E-state index is 0.167. The van der Waals surface area contributed by atoms with E-state index in [9.17, 15) is 4.79 Å². The number of fused-ring (bicyclic) bond motifs is 1. The van der Waals surface area contributed by atoms with E-state index in [1.54, 1.807) is 19.4 Å². The lowest BCUT2D eigenvalue weighted by molar-refractivity contribution is 0.102. The maximum Gasteiger partial charge on any atom is 0.257 e. The predicted octanol–water partition coefficient (Wildman–Crippen LogP) is 2.96. The molecule has 2 N–H and O–H groups in total. The van der Waals surface area contributed by atoms with Crippen LogP contribution in [0.5, 0.6) is 0 Å². The first-order chi connectivity index (χ1) is 10.3. The minimum Gasteiger partial charge on any atom is -0.380 e. The van der Waals surface area contributed by atoms with Crippen molar-refractivity contribution in [1.29, 1.82) is 0 Å². The highest BCUT2D eigenvalue weighted by molar-refractivity contribution is 6.11. The third-order valence-corrected chi connectivity index (χ3v) is 3.22. The molecule has 0 aliphatic rings. The molecule has 0 radical (unpaired) electrons. The number of methoxy groups -OCH3 is 1. The van der Waals surface area contributed by atoms with E-state index in [1.807, 2.05) is 36.4 Å². The number of hydrogen-bond donors (Lipinski definition) is 2. The molecule has 0 aliphatic heterocycles. The Morgan fingerprint density at radius 2 is 2.14 bits per heavy atom. The van der Waals surface area contributed by atoms with Gasteiger partial charge >= 0.3 is 0 Å². The highest BCUT2D eigenvalue weighted by atomic mass is 16.5. The normalized spacial score (nSPS) is 10.7. The Morgan fingerprint density at radius 1 is 1.29 bits per heavy atom. The summed E-state index contributed by atoms with van der Waals surface area (Å²) in [5, 5.41) is 10.6. The number of carbonyl (C=O) groups excluding carboxylic acids is 1. The van der Waals surface area contributed by atoms with Crippen LogP contribution >= 0.6 is 0 Å². The van der Waals surface area contributed by atoms with Crippen molar-refractivity contribution in [1.82, 2.24) is 10.2 Å². The van der Waals surface area contributed by atoms with Gasteiger partial charge in [0.1, 0.15) is 0 Å². The molecular weight excluding hydrogens is 266 g/mol. The third kappa shape index (κ3) is 2.78. The Hall–Kier alpha value is -2.66.